The smallest absolute Gasteiger partial charge is 0.135 e. The molecule has 0 radical (unpaired) electrons. The molecular weight excluding hydrogens is 240 g/mol. The van der Waals surface area contributed by atoms with Gasteiger partial charge in [-0.2, -0.15) is 0 Å². The third-order valence-corrected chi connectivity index (χ3v) is 4.15. The van der Waals surface area contributed by atoms with Crippen molar-refractivity contribution in [1.29, 1.82) is 0 Å². The quantitative estimate of drug-likeness (QED) is 0.873. The van der Waals surface area contributed by atoms with E-state index < -0.39 is 0 Å². The summed E-state index contributed by atoms with van der Waals surface area (Å²) in [5.41, 5.74) is 6.92. The first kappa shape index (κ1) is 12.7. The van der Waals surface area contributed by atoms with Gasteiger partial charge in [-0.3, -0.25) is 0 Å². The van der Waals surface area contributed by atoms with Crippen LogP contribution in [0.2, 0.25) is 0 Å². The molecule has 2 saturated heterocycles. The van der Waals surface area contributed by atoms with Crippen molar-refractivity contribution in [3.05, 3.63) is 11.4 Å². The molecule has 3 heterocycles. The molecule has 19 heavy (non-hydrogen) atoms. The Morgan fingerprint density at radius 1 is 1.32 bits per heavy atom. The van der Waals surface area contributed by atoms with Crippen LogP contribution in [0.5, 0.6) is 0 Å². The number of ether oxygens (including phenoxy) is 1. The van der Waals surface area contributed by atoms with Crippen LogP contribution in [0.3, 0.4) is 0 Å². The summed E-state index contributed by atoms with van der Waals surface area (Å²) in [6.07, 6.45) is 4.20. The number of nitrogens with one attached hydrogen (secondary N) is 1. The van der Waals surface area contributed by atoms with E-state index >= 15 is 0 Å². The first-order valence-electron chi connectivity index (χ1n) is 7.10. The summed E-state index contributed by atoms with van der Waals surface area (Å²) in [6.45, 7) is 6.12. The highest BCUT2D eigenvalue weighted by Crippen LogP contribution is 2.36. The van der Waals surface area contributed by atoms with Gasteiger partial charge in [0.25, 0.3) is 0 Å². The van der Waals surface area contributed by atoms with Crippen molar-refractivity contribution in [3.8, 4) is 0 Å². The molecule has 3 N–H and O–H groups in total. The molecule has 104 valence electrons. The number of nitrogen functional groups attached to an aromatic ring is 1. The monoisotopic (exact) mass is 262 g/mol. The summed E-state index contributed by atoms with van der Waals surface area (Å²) in [7, 11) is 0. The second-order valence-corrected chi connectivity index (χ2v) is 5.96. The Morgan fingerprint density at radius 3 is 2.68 bits per heavy atom. The Morgan fingerprint density at radius 2 is 2.11 bits per heavy atom. The summed E-state index contributed by atoms with van der Waals surface area (Å²) < 4.78 is 5.87. The molecular formula is C14H22N4O. The fraction of sp³-hybridized carbons (Fsp3) is 0.714. The minimum absolute atomic E-state index is 0.278. The lowest BCUT2D eigenvalue weighted by Gasteiger charge is -2.22. The topological polar surface area (TPSA) is 73.1 Å². The average molecular weight is 262 g/mol. The van der Waals surface area contributed by atoms with Crippen molar-refractivity contribution in [3.63, 3.8) is 0 Å². The van der Waals surface area contributed by atoms with E-state index in [1.54, 1.807) is 0 Å². The number of nitrogens with zero attached hydrogens (tertiary/aromatic N) is 2. The maximum atomic E-state index is 5.99. The van der Waals surface area contributed by atoms with Crippen LogP contribution in [0.1, 0.15) is 50.4 Å². The zero-order valence-electron chi connectivity index (χ0n) is 11.8. The molecule has 2 bridgehead atoms. The predicted molar refractivity (Wildman–Crippen MR) is 75.2 cm³/mol. The van der Waals surface area contributed by atoms with Crippen LogP contribution in [-0.2, 0) is 4.74 Å². The maximum Gasteiger partial charge on any atom is 0.135 e. The van der Waals surface area contributed by atoms with Gasteiger partial charge in [0, 0.05) is 11.5 Å². The first-order valence-corrected chi connectivity index (χ1v) is 7.10. The second-order valence-electron chi connectivity index (χ2n) is 5.96. The van der Waals surface area contributed by atoms with E-state index in [0.717, 1.165) is 30.0 Å². The first-order chi connectivity index (χ1) is 9.04. The van der Waals surface area contributed by atoms with Crippen LogP contribution < -0.4 is 11.1 Å². The van der Waals surface area contributed by atoms with Gasteiger partial charge in [-0.1, -0.05) is 13.8 Å². The SMILES string of the molecule is Cc1c(N)nc(C(C)C)nc1NC1CC2CCC1O2. The van der Waals surface area contributed by atoms with Crippen LogP contribution in [-0.4, -0.2) is 28.2 Å². The number of rotatable bonds is 3. The largest absolute Gasteiger partial charge is 0.383 e. The Balaban J connectivity index is 1.83. The van der Waals surface area contributed by atoms with E-state index in [2.05, 4.69) is 29.1 Å². The second kappa shape index (κ2) is 4.63. The molecule has 2 aliphatic rings. The maximum absolute atomic E-state index is 5.99. The van der Waals surface area contributed by atoms with Crippen molar-refractivity contribution >= 4 is 11.6 Å². The van der Waals surface area contributed by atoms with Gasteiger partial charge < -0.3 is 15.8 Å². The number of fused-ring (bicyclic) bond motifs is 2. The van der Waals surface area contributed by atoms with Gasteiger partial charge in [-0.05, 0) is 26.2 Å². The van der Waals surface area contributed by atoms with E-state index in [9.17, 15) is 0 Å². The van der Waals surface area contributed by atoms with Crippen LogP contribution in [0.25, 0.3) is 0 Å². The van der Waals surface area contributed by atoms with Gasteiger partial charge >= 0.3 is 0 Å². The number of aromatic nitrogens is 2. The third-order valence-electron chi connectivity index (χ3n) is 4.15. The molecule has 2 fully saturated rings. The zero-order valence-corrected chi connectivity index (χ0v) is 11.8. The van der Waals surface area contributed by atoms with Gasteiger partial charge in [-0.25, -0.2) is 9.97 Å². The lowest BCUT2D eigenvalue weighted by molar-refractivity contribution is 0.102. The lowest BCUT2D eigenvalue weighted by Crippen LogP contribution is -2.31. The minimum Gasteiger partial charge on any atom is -0.383 e. The van der Waals surface area contributed by atoms with Crippen LogP contribution >= 0.6 is 0 Å². The van der Waals surface area contributed by atoms with Gasteiger partial charge in [-0.15, -0.1) is 0 Å². The van der Waals surface area contributed by atoms with Crippen molar-refractivity contribution < 1.29 is 4.74 Å². The highest BCUT2D eigenvalue weighted by Gasteiger charge is 2.41. The zero-order chi connectivity index (χ0) is 13.6. The third kappa shape index (κ3) is 2.27. The molecule has 1 aromatic heterocycles. The van der Waals surface area contributed by atoms with Crippen molar-refractivity contribution in [2.45, 2.75) is 64.2 Å². The fourth-order valence-electron chi connectivity index (χ4n) is 2.92. The van der Waals surface area contributed by atoms with Gasteiger partial charge in [0.2, 0.25) is 0 Å². The normalized spacial score (nSPS) is 29.2. The van der Waals surface area contributed by atoms with Crippen LogP contribution in [0.15, 0.2) is 0 Å². The fourth-order valence-corrected chi connectivity index (χ4v) is 2.92. The molecule has 5 heteroatoms. The summed E-state index contributed by atoms with van der Waals surface area (Å²) in [5.74, 6) is 2.53. The Bertz CT molecular complexity index is 489. The molecule has 0 spiro atoms. The molecule has 1 aromatic rings. The summed E-state index contributed by atoms with van der Waals surface area (Å²) in [4.78, 5) is 8.97. The van der Waals surface area contributed by atoms with Gasteiger partial charge in [0.1, 0.15) is 17.5 Å². The molecule has 0 amide bonds. The van der Waals surface area contributed by atoms with Crippen molar-refractivity contribution in [1.82, 2.24) is 9.97 Å². The number of anilines is 2. The Kier molecular flexibility index (Phi) is 3.09. The summed E-state index contributed by atoms with van der Waals surface area (Å²) in [6, 6.07) is 0.367. The molecule has 0 aliphatic carbocycles. The Hall–Kier alpha value is -1.36. The van der Waals surface area contributed by atoms with Crippen molar-refractivity contribution in [2.75, 3.05) is 11.1 Å². The number of nitrogens with two attached hydrogens (primary N) is 1. The molecule has 3 atom stereocenters. The van der Waals surface area contributed by atoms with Crippen LogP contribution in [0, 0.1) is 6.92 Å². The average Bonchev–Trinajstić information content (AvgIpc) is 2.96. The predicted octanol–water partition coefficient (Wildman–Crippen LogP) is 2.22. The molecule has 2 aliphatic heterocycles. The Labute approximate surface area is 114 Å². The van der Waals surface area contributed by atoms with Gasteiger partial charge in [0.05, 0.1) is 18.2 Å². The van der Waals surface area contributed by atoms with E-state index in [0.29, 0.717) is 24.1 Å². The molecule has 0 aromatic carbocycles. The highest BCUT2D eigenvalue weighted by atomic mass is 16.5. The van der Waals surface area contributed by atoms with Crippen LogP contribution in [0.4, 0.5) is 11.6 Å². The minimum atomic E-state index is 0.278. The highest BCUT2D eigenvalue weighted by molar-refractivity contribution is 5.55. The van der Waals surface area contributed by atoms with E-state index in [4.69, 9.17) is 10.5 Å². The van der Waals surface area contributed by atoms with E-state index in [-0.39, 0.29) is 5.92 Å². The molecule has 0 saturated carbocycles. The number of hydrogen-bond donors (Lipinski definition) is 2. The van der Waals surface area contributed by atoms with E-state index in [1.807, 2.05) is 6.92 Å². The summed E-state index contributed by atoms with van der Waals surface area (Å²) in [5, 5.41) is 3.52. The van der Waals surface area contributed by atoms with E-state index in [1.165, 1.54) is 6.42 Å². The van der Waals surface area contributed by atoms with Crippen molar-refractivity contribution in [2.24, 2.45) is 0 Å². The number of hydrogen-bond acceptors (Lipinski definition) is 5. The molecule has 5 nitrogen and oxygen atoms in total. The molecule has 3 rings (SSSR count). The standard InChI is InChI=1S/C14H22N4O/c1-7(2)13-17-12(15)8(3)14(18-13)16-10-6-9-4-5-11(10)19-9/h7,9-11H,4-6H2,1-3H3,(H3,15,16,17,18). The summed E-state index contributed by atoms with van der Waals surface area (Å²) >= 11 is 0. The van der Waals surface area contributed by atoms with Gasteiger partial charge in [0.15, 0.2) is 0 Å². The molecule has 3 unspecified atom stereocenters. The lowest BCUT2D eigenvalue weighted by atomic mass is 9.95.